The highest BCUT2D eigenvalue weighted by Gasteiger charge is 2.21. The summed E-state index contributed by atoms with van der Waals surface area (Å²) in [5.41, 5.74) is 2.27. The summed E-state index contributed by atoms with van der Waals surface area (Å²) in [7, 11) is -3.87. The summed E-state index contributed by atoms with van der Waals surface area (Å²) in [6.45, 7) is 6.83. The van der Waals surface area contributed by atoms with Crippen molar-refractivity contribution in [1.29, 1.82) is 0 Å². The number of benzene rings is 1. The Morgan fingerprint density at radius 2 is 1.68 bits per heavy atom. The molecule has 0 spiro atoms. The lowest BCUT2D eigenvalue weighted by atomic mass is 10.1. The highest BCUT2D eigenvalue weighted by Crippen LogP contribution is 2.23. The van der Waals surface area contributed by atoms with Crippen LogP contribution in [0, 0.1) is 20.8 Å². The number of hydrogen-bond donors (Lipinski definition) is 0. The minimum atomic E-state index is -3.87. The van der Waals surface area contributed by atoms with E-state index >= 15 is 0 Å². The predicted octanol–water partition coefficient (Wildman–Crippen LogP) is 2.69. The standard InChI is InChI=1S/C14H20O4S/c1-5-6-13(15)9-18-19(16,17)14-11(3)7-10(2)8-12(14)4/h7-8H,5-6,9H2,1-4H3. The number of aryl methyl sites for hydroxylation is 3. The largest absolute Gasteiger partial charge is 0.297 e. The van der Waals surface area contributed by atoms with E-state index in [1.807, 2.05) is 13.8 Å². The molecule has 4 nitrogen and oxygen atoms in total. The van der Waals surface area contributed by atoms with Gasteiger partial charge in [0.1, 0.15) is 6.61 Å². The smallest absolute Gasteiger partial charge is 0.297 e. The van der Waals surface area contributed by atoms with Gasteiger partial charge in [0, 0.05) is 6.42 Å². The van der Waals surface area contributed by atoms with Crippen LogP contribution in [0.2, 0.25) is 0 Å². The molecule has 0 aliphatic heterocycles. The number of carbonyl (C=O) groups is 1. The third kappa shape index (κ3) is 4.14. The van der Waals surface area contributed by atoms with Crippen molar-refractivity contribution in [3.8, 4) is 0 Å². The minimum Gasteiger partial charge on any atom is -0.297 e. The van der Waals surface area contributed by atoms with Crippen LogP contribution in [0.4, 0.5) is 0 Å². The quantitative estimate of drug-likeness (QED) is 0.754. The molecule has 0 aliphatic carbocycles. The van der Waals surface area contributed by atoms with Gasteiger partial charge in [-0.3, -0.25) is 8.98 Å². The van der Waals surface area contributed by atoms with E-state index in [0.29, 0.717) is 24.0 Å². The molecule has 0 saturated heterocycles. The monoisotopic (exact) mass is 284 g/mol. The fourth-order valence-corrected chi connectivity index (χ4v) is 3.43. The van der Waals surface area contributed by atoms with E-state index < -0.39 is 10.1 Å². The molecule has 0 fully saturated rings. The summed E-state index contributed by atoms with van der Waals surface area (Å²) in [5.74, 6) is -0.200. The minimum absolute atomic E-state index is 0.169. The van der Waals surface area contributed by atoms with Crippen LogP contribution in [0.3, 0.4) is 0 Å². The molecule has 0 unspecified atom stereocenters. The van der Waals surface area contributed by atoms with Crippen molar-refractivity contribution in [2.45, 2.75) is 45.4 Å². The van der Waals surface area contributed by atoms with Crippen molar-refractivity contribution in [2.75, 3.05) is 6.61 Å². The maximum Gasteiger partial charge on any atom is 0.297 e. The first-order valence-corrected chi connectivity index (χ1v) is 7.67. The normalized spacial score (nSPS) is 11.6. The molecule has 1 aromatic rings. The SMILES string of the molecule is CCCC(=O)COS(=O)(=O)c1c(C)cc(C)cc1C. The third-order valence-corrected chi connectivity index (χ3v) is 4.33. The Kier molecular flexibility index (Phi) is 5.26. The van der Waals surface area contributed by atoms with Gasteiger partial charge in [-0.05, 0) is 38.3 Å². The lowest BCUT2D eigenvalue weighted by Crippen LogP contribution is -2.16. The number of Topliss-reactive ketones (excluding diaryl/α,β-unsaturated/α-hetero) is 1. The van der Waals surface area contributed by atoms with Crippen molar-refractivity contribution < 1.29 is 17.4 Å². The molecule has 0 aromatic heterocycles. The van der Waals surface area contributed by atoms with Crippen LogP contribution in [0.15, 0.2) is 17.0 Å². The van der Waals surface area contributed by atoms with Crippen LogP contribution in [0.25, 0.3) is 0 Å². The number of rotatable bonds is 6. The van der Waals surface area contributed by atoms with Gasteiger partial charge in [0.25, 0.3) is 10.1 Å². The zero-order valence-corrected chi connectivity index (χ0v) is 12.6. The van der Waals surface area contributed by atoms with E-state index in [1.54, 1.807) is 26.0 Å². The van der Waals surface area contributed by atoms with Gasteiger partial charge in [0.15, 0.2) is 5.78 Å². The molecule has 1 rings (SSSR count). The van der Waals surface area contributed by atoms with Gasteiger partial charge >= 0.3 is 0 Å². The lowest BCUT2D eigenvalue weighted by Gasteiger charge is -2.11. The van der Waals surface area contributed by atoms with Crippen LogP contribution in [-0.4, -0.2) is 20.8 Å². The maximum atomic E-state index is 12.1. The average Bonchev–Trinajstić information content (AvgIpc) is 2.25. The van der Waals surface area contributed by atoms with Crippen LogP contribution in [0.1, 0.15) is 36.5 Å². The molecule has 19 heavy (non-hydrogen) atoms. The van der Waals surface area contributed by atoms with Crippen LogP contribution in [-0.2, 0) is 19.1 Å². The molecular weight excluding hydrogens is 264 g/mol. The first kappa shape index (κ1) is 15.9. The molecule has 1 aromatic carbocycles. The van der Waals surface area contributed by atoms with E-state index in [1.165, 1.54) is 0 Å². The Morgan fingerprint density at radius 1 is 1.16 bits per heavy atom. The van der Waals surface area contributed by atoms with Crippen LogP contribution < -0.4 is 0 Å². The lowest BCUT2D eigenvalue weighted by molar-refractivity contribution is -0.121. The summed E-state index contributed by atoms with van der Waals surface area (Å²) >= 11 is 0. The molecule has 106 valence electrons. The second-order valence-electron chi connectivity index (χ2n) is 4.73. The fourth-order valence-electron chi connectivity index (χ4n) is 2.11. The molecule has 5 heteroatoms. The Hall–Kier alpha value is -1.20. The molecule has 0 radical (unpaired) electrons. The summed E-state index contributed by atoms with van der Waals surface area (Å²) in [6, 6.07) is 3.58. The second kappa shape index (κ2) is 6.30. The van der Waals surface area contributed by atoms with Crippen molar-refractivity contribution >= 4 is 15.9 Å². The van der Waals surface area contributed by atoms with Gasteiger partial charge in [-0.2, -0.15) is 8.42 Å². The molecule has 0 N–H and O–H groups in total. The fraction of sp³-hybridized carbons (Fsp3) is 0.500. The highest BCUT2D eigenvalue weighted by molar-refractivity contribution is 7.86. The summed E-state index contributed by atoms with van der Waals surface area (Å²) in [6.07, 6.45) is 1.02. The Bertz CT molecular complexity index is 550. The number of ketones is 1. The number of hydrogen-bond acceptors (Lipinski definition) is 4. The molecule has 0 amide bonds. The summed E-state index contributed by atoms with van der Waals surface area (Å²) in [5, 5.41) is 0. The predicted molar refractivity (Wildman–Crippen MR) is 73.7 cm³/mol. The Morgan fingerprint density at radius 3 is 2.16 bits per heavy atom. The topological polar surface area (TPSA) is 60.4 Å². The Labute approximate surface area is 114 Å². The molecule has 0 bridgehead atoms. The molecule has 0 heterocycles. The highest BCUT2D eigenvalue weighted by atomic mass is 32.2. The van der Waals surface area contributed by atoms with Crippen LogP contribution >= 0.6 is 0 Å². The van der Waals surface area contributed by atoms with Gasteiger partial charge in [-0.15, -0.1) is 0 Å². The molecular formula is C14H20O4S. The van der Waals surface area contributed by atoms with Crippen molar-refractivity contribution in [2.24, 2.45) is 0 Å². The molecule has 0 atom stereocenters. The van der Waals surface area contributed by atoms with Crippen molar-refractivity contribution in [1.82, 2.24) is 0 Å². The van der Waals surface area contributed by atoms with Gasteiger partial charge in [0.05, 0.1) is 4.90 Å². The molecule has 0 saturated carbocycles. The van der Waals surface area contributed by atoms with Gasteiger partial charge in [-0.1, -0.05) is 24.6 Å². The van der Waals surface area contributed by atoms with E-state index in [2.05, 4.69) is 0 Å². The zero-order valence-electron chi connectivity index (χ0n) is 11.8. The Balaban J connectivity index is 2.98. The molecule has 0 aliphatic rings. The second-order valence-corrected chi connectivity index (χ2v) is 6.29. The van der Waals surface area contributed by atoms with Gasteiger partial charge < -0.3 is 0 Å². The first-order valence-electron chi connectivity index (χ1n) is 6.27. The van der Waals surface area contributed by atoms with Gasteiger partial charge in [0.2, 0.25) is 0 Å². The summed E-state index contributed by atoms with van der Waals surface area (Å²) in [4.78, 5) is 11.5. The van der Waals surface area contributed by atoms with Crippen molar-refractivity contribution in [3.63, 3.8) is 0 Å². The van der Waals surface area contributed by atoms with E-state index in [-0.39, 0.29) is 17.3 Å². The van der Waals surface area contributed by atoms with Crippen LogP contribution in [0.5, 0.6) is 0 Å². The van der Waals surface area contributed by atoms with Gasteiger partial charge in [-0.25, -0.2) is 0 Å². The van der Waals surface area contributed by atoms with E-state index in [9.17, 15) is 13.2 Å². The van der Waals surface area contributed by atoms with E-state index in [4.69, 9.17) is 4.18 Å². The first-order chi connectivity index (χ1) is 8.77. The average molecular weight is 284 g/mol. The van der Waals surface area contributed by atoms with E-state index in [0.717, 1.165) is 5.56 Å². The summed E-state index contributed by atoms with van der Waals surface area (Å²) < 4.78 is 29.1. The third-order valence-electron chi connectivity index (χ3n) is 2.76. The van der Waals surface area contributed by atoms with Crippen molar-refractivity contribution in [3.05, 3.63) is 28.8 Å². The zero-order chi connectivity index (χ0) is 14.6. The number of carbonyl (C=O) groups excluding carboxylic acids is 1. The maximum absolute atomic E-state index is 12.1.